The minimum Gasteiger partial charge on any atom is -0.481 e. The lowest BCUT2D eigenvalue weighted by molar-refractivity contribution is -0.153. The van der Waals surface area contributed by atoms with Gasteiger partial charge in [-0.15, -0.1) is 0 Å². The Balaban J connectivity index is 1.60. The summed E-state index contributed by atoms with van der Waals surface area (Å²) in [6, 6.07) is 8.66. The van der Waals surface area contributed by atoms with Gasteiger partial charge < -0.3 is 14.6 Å². The zero-order valence-corrected chi connectivity index (χ0v) is 15.1. The number of carbonyl (C=O) groups is 1. The number of hydrogen-bond donors (Lipinski definition) is 1. The van der Waals surface area contributed by atoms with Crippen molar-refractivity contribution in [1.29, 1.82) is 0 Å². The first kappa shape index (κ1) is 16.6. The Morgan fingerprint density at radius 1 is 1.32 bits per heavy atom. The van der Waals surface area contributed by atoms with Crippen LogP contribution in [0, 0.1) is 11.3 Å². The van der Waals surface area contributed by atoms with Crippen LogP contribution >= 0.6 is 0 Å². The van der Waals surface area contributed by atoms with Crippen LogP contribution in [0.25, 0.3) is 10.9 Å². The number of piperidine rings is 1. The molecule has 0 amide bonds. The summed E-state index contributed by atoms with van der Waals surface area (Å²) in [5.74, 6) is -0.359. The van der Waals surface area contributed by atoms with Gasteiger partial charge in [0.05, 0.1) is 5.41 Å². The SMILES string of the molecule is CCn1ccc2c(CN3C[C@H]4CCN(C)C[C@@]4(C(=O)O)C3)cccc21. The van der Waals surface area contributed by atoms with Crippen LogP contribution in [0.2, 0.25) is 0 Å². The monoisotopic (exact) mass is 341 g/mol. The second kappa shape index (κ2) is 6.15. The first-order chi connectivity index (χ1) is 12.0. The van der Waals surface area contributed by atoms with Gasteiger partial charge in [-0.2, -0.15) is 0 Å². The van der Waals surface area contributed by atoms with Gasteiger partial charge in [0.2, 0.25) is 0 Å². The van der Waals surface area contributed by atoms with Crippen LogP contribution in [0.4, 0.5) is 0 Å². The molecule has 5 nitrogen and oxygen atoms in total. The van der Waals surface area contributed by atoms with Crippen LogP contribution in [-0.2, 0) is 17.9 Å². The number of hydrogen-bond acceptors (Lipinski definition) is 3. The lowest BCUT2D eigenvalue weighted by Crippen LogP contribution is -2.52. The molecule has 0 spiro atoms. The van der Waals surface area contributed by atoms with E-state index in [0.717, 1.165) is 32.6 Å². The Hall–Kier alpha value is -1.85. The molecule has 1 N–H and O–H groups in total. The maximum Gasteiger partial charge on any atom is 0.312 e. The van der Waals surface area contributed by atoms with Gasteiger partial charge in [0, 0.05) is 49.8 Å². The van der Waals surface area contributed by atoms with E-state index in [1.165, 1.54) is 16.5 Å². The van der Waals surface area contributed by atoms with Crippen molar-refractivity contribution < 1.29 is 9.90 Å². The lowest BCUT2D eigenvalue weighted by atomic mass is 9.73. The number of carboxylic acids is 1. The Morgan fingerprint density at radius 2 is 2.16 bits per heavy atom. The third-order valence-electron chi connectivity index (χ3n) is 6.24. The second-order valence-electron chi connectivity index (χ2n) is 7.81. The van der Waals surface area contributed by atoms with Crippen LogP contribution in [0.5, 0.6) is 0 Å². The summed E-state index contributed by atoms with van der Waals surface area (Å²) in [5.41, 5.74) is 1.97. The number of aromatic nitrogens is 1. The largest absolute Gasteiger partial charge is 0.481 e. The summed E-state index contributed by atoms with van der Waals surface area (Å²) in [6.07, 6.45) is 3.13. The summed E-state index contributed by atoms with van der Waals surface area (Å²) < 4.78 is 2.26. The van der Waals surface area contributed by atoms with E-state index in [9.17, 15) is 9.90 Å². The number of nitrogens with zero attached hydrogens (tertiary/aromatic N) is 3. The van der Waals surface area contributed by atoms with Crippen molar-refractivity contribution in [3.05, 3.63) is 36.0 Å². The summed E-state index contributed by atoms with van der Waals surface area (Å²) in [5, 5.41) is 11.2. The zero-order chi connectivity index (χ0) is 17.6. The van der Waals surface area contributed by atoms with E-state index < -0.39 is 11.4 Å². The number of benzene rings is 1. The molecule has 2 atom stereocenters. The molecule has 0 unspecified atom stereocenters. The van der Waals surface area contributed by atoms with Gasteiger partial charge in [-0.3, -0.25) is 9.69 Å². The normalized spacial score (nSPS) is 27.7. The van der Waals surface area contributed by atoms with E-state index in [0.29, 0.717) is 13.1 Å². The molecule has 0 aliphatic carbocycles. The average molecular weight is 341 g/mol. The molecule has 5 heteroatoms. The quantitative estimate of drug-likeness (QED) is 0.928. The smallest absolute Gasteiger partial charge is 0.312 e. The van der Waals surface area contributed by atoms with Gasteiger partial charge in [-0.1, -0.05) is 12.1 Å². The number of aryl methyl sites for hydroxylation is 1. The Kier molecular flexibility index (Phi) is 4.08. The molecule has 2 aliphatic rings. The van der Waals surface area contributed by atoms with E-state index in [2.05, 4.69) is 51.8 Å². The molecule has 3 heterocycles. The van der Waals surface area contributed by atoms with Crippen molar-refractivity contribution in [2.75, 3.05) is 33.2 Å². The fourth-order valence-corrected chi connectivity index (χ4v) is 4.93. The van der Waals surface area contributed by atoms with Gasteiger partial charge in [0.15, 0.2) is 0 Å². The number of carboxylic acid groups (broad SMARTS) is 1. The molecule has 2 aromatic rings. The molecule has 2 saturated heterocycles. The van der Waals surface area contributed by atoms with Crippen molar-refractivity contribution in [1.82, 2.24) is 14.4 Å². The molecule has 0 saturated carbocycles. The highest BCUT2D eigenvalue weighted by molar-refractivity contribution is 5.83. The molecular formula is C20H27N3O2. The molecule has 134 valence electrons. The van der Waals surface area contributed by atoms with E-state index in [4.69, 9.17) is 0 Å². The molecule has 25 heavy (non-hydrogen) atoms. The van der Waals surface area contributed by atoms with E-state index in [-0.39, 0.29) is 5.92 Å². The number of rotatable bonds is 4. The fourth-order valence-electron chi connectivity index (χ4n) is 4.93. The molecule has 0 radical (unpaired) electrons. The molecule has 1 aromatic heterocycles. The van der Waals surface area contributed by atoms with E-state index >= 15 is 0 Å². The zero-order valence-electron chi connectivity index (χ0n) is 15.1. The third-order valence-corrected chi connectivity index (χ3v) is 6.24. The van der Waals surface area contributed by atoms with Crippen LogP contribution in [0.15, 0.2) is 30.5 Å². The van der Waals surface area contributed by atoms with E-state index in [1.807, 2.05) is 7.05 Å². The molecule has 0 bridgehead atoms. The minimum atomic E-state index is -0.623. The molecule has 2 aliphatic heterocycles. The molecule has 1 aromatic carbocycles. The van der Waals surface area contributed by atoms with Crippen LogP contribution < -0.4 is 0 Å². The predicted octanol–water partition coefficient (Wildman–Crippen LogP) is 2.50. The van der Waals surface area contributed by atoms with Gasteiger partial charge in [0.1, 0.15) is 0 Å². The fraction of sp³-hybridized carbons (Fsp3) is 0.550. The predicted molar refractivity (Wildman–Crippen MR) is 98.6 cm³/mol. The van der Waals surface area contributed by atoms with Crippen molar-refractivity contribution >= 4 is 16.9 Å². The van der Waals surface area contributed by atoms with Crippen molar-refractivity contribution in [3.8, 4) is 0 Å². The average Bonchev–Trinajstić information content (AvgIpc) is 3.16. The molecule has 4 rings (SSSR count). The van der Waals surface area contributed by atoms with Crippen LogP contribution in [0.1, 0.15) is 18.9 Å². The first-order valence-electron chi connectivity index (χ1n) is 9.24. The highest BCUT2D eigenvalue weighted by atomic mass is 16.4. The number of aliphatic carboxylic acids is 1. The van der Waals surface area contributed by atoms with Gasteiger partial charge in [-0.05, 0) is 50.6 Å². The third kappa shape index (κ3) is 2.66. The van der Waals surface area contributed by atoms with Crippen LogP contribution in [0.3, 0.4) is 0 Å². The summed E-state index contributed by atoms with van der Waals surface area (Å²) in [6.45, 7) is 7.17. The number of fused-ring (bicyclic) bond motifs is 2. The Labute approximate surface area is 148 Å². The number of likely N-dealkylation sites (tertiary alicyclic amines) is 2. The van der Waals surface area contributed by atoms with Crippen molar-refractivity contribution in [2.45, 2.75) is 26.4 Å². The van der Waals surface area contributed by atoms with Gasteiger partial charge >= 0.3 is 5.97 Å². The first-order valence-corrected chi connectivity index (χ1v) is 9.24. The maximum absolute atomic E-state index is 12.1. The summed E-state index contributed by atoms with van der Waals surface area (Å²) in [7, 11) is 2.04. The lowest BCUT2D eigenvalue weighted by Gasteiger charge is -2.39. The van der Waals surface area contributed by atoms with Crippen LogP contribution in [-0.4, -0.2) is 58.7 Å². The van der Waals surface area contributed by atoms with Crippen molar-refractivity contribution in [3.63, 3.8) is 0 Å². The highest BCUT2D eigenvalue weighted by Gasteiger charge is 2.54. The van der Waals surface area contributed by atoms with Gasteiger partial charge in [0.25, 0.3) is 0 Å². The Morgan fingerprint density at radius 3 is 2.92 bits per heavy atom. The highest BCUT2D eigenvalue weighted by Crippen LogP contribution is 2.42. The molecular weight excluding hydrogens is 314 g/mol. The minimum absolute atomic E-state index is 0.264. The second-order valence-corrected chi connectivity index (χ2v) is 7.81. The summed E-state index contributed by atoms with van der Waals surface area (Å²) in [4.78, 5) is 16.6. The van der Waals surface area contributed by atoms with Crippen molar-refractivity contribution in [2.24, 2.45) is 11.3 Å². The van der Waals surface area contributed by atoms with E-state index in [1.54, 1.807) is 0 Å². The topological polar surface area (TPSA) is 48.7 Å². The maximum atomic E-state index is 12.1. The Bertz CT molecular complexity index is 799. The van der Waals surface area contributed by atoms with Gasteiger partial charge in [-0.25, -0.2) is 0 Å². The molecule has 2 fully saturated rings. The summed E-state index contributed by atoms with van der Waals surface area (Å²) >= 11 is 0. The standard InChI is InChI=1S/C20H27N3O2/c1-3-23-10-8-17-15(5-4-6-18(17)23)11-22-12-16-7-9-21(2)13-20(16,14-22)19(24)25/h4-6,8,10,16H,3,7,9,11-14H2,1-2H3,(H,24,25)/t16-,20-/m1/s1.